The van der Waals surface area contributed by atoms with Gasteiger partial charge in [-0.3, -0.25) is 0 Å². The highest BCUT2D eigenvalue weighted by Crippen LogP contribution is 2.41. The summed E-state index contributed by atoms with van der Waals surface area (Å²) >= 11 is 0. The van der Waals surface area contributed by atoms with Gasteiger partial charge in [0.25, 0.3) is 0 Å². The fourth-order valence-electron chi connectivity index (χ4n) is 5.52. The Labute approximate surface area is 166 Å². The highest BCUT2D eigenvalue weighted by Gasteiger charge is 2.42. The van der Waals surface area contributed by atoms with Crippen LogP contribution in [0, 0.1) is 29.6 Å². The maximum atomic E-state index is 14.8. The lowest BCUT2D eigenvalue weighted by atomic mass is 9.71. The molecule has 0 heterocycles. The molecule has 2 fully saturated rings. The molecule has 6 unspecified atom stereocenters. The molecule has 158 valence electrons. The van der Waals surface area contributed by atoms with Crippen LogP contribution in [-0.4, -0.2) is 25.1 Å². The Morgan fingerprint density at radius 3 is 2.33 bits per heavy atom. The minimum atomic E-state index is -1.49. The second-order valence-electron chi connectivity index (χ2n) is 9.41. The van der Waals surface area contributed by atoms with E-state index in [0.717, 1.165) is 30.6 Å². The highest BCUT2D eigenvalue weighted by molar-refractivity contribution is 4.91. The average molecular weight is 385 g/mol. The Balaban J connectivity index is 1.84. The lowest BCUT2D eigenvalue weighted by molar-refractivity contribution is -0.0766. The van der Waals surface area contributed by atoms with Crippen LogP contribution in [0.25, 0.3) is 0 Å². The van der Waals surface area contributed by atoms with Gasteiger partial charge in [-0.2, -0.15) is 0 Å². The van der Waals surface area contributed by atoms with E-state index < -0.39 is 18.4 Å². The van der Waals surface area contributed by atoms with Crippen LogP contribution in [0.3, 0.4) is 0 Å². The Kier molecular flexibility index (Phi) is 9.76. The highest BCUT2D eigenvalue weighted by atomic mass is 19.2. The summed E-state index contributed by atoms with van der Waals surface area (Å²) < 4.78 is 34.7. The van der Waals surface area contributed by atoms with Gasteiger partial charge in [-0.05, 0) is 61.7 Å². The Morgan fingerprint density at radius 1 is 1.00 bits per heavy atom. The van der Waals surface area contributed by atoms with E-state index in [2.05, 4.69) is 27.4 Å². The van der Waals surface area contributed by atoms with Crippen molar-refractivity contribution in [3.8, 4) is 0 Å². The lowest BCUT2D eigenvalue weighted by Crippen LogP contribution is -2.45. The third kappa shape index (κ3) is 6.54. The van der Waals surface area contributed by atoms with E-state index in [4.69, 9.17) is 4.74 Å². The van der Waals surface area contributed by atoms with Crippen LogP contribution in [0.2, 0.25) is 0 Å². The number of halogens is 2. The third-order valence-electron chi connectivity index (χ3n) is 7.39. The summed E-state index contributed by atoms with van der Waals surface area (Å²) in [7, 11) is 0. The molecule has 6 atom stereocenters. The van der Waals surface area contributed by atoms with E-state index >= 15 is 0 Å². The Hall–Kier alpha value is -0.440. The van der Waals surface area contributed by atoms with Crippen LogP contribution in [0.1, 0.15) is 85.0 Å². The van der Waals surface area contributed by atoms with Crippen molar-refractivity contribution < 1.29 is 13.5 Å². The summed E-state index contributed by atoms with van der Waals surface area (Å²) in [4.78, 5) is 0. The van der Waals surface area contributed by atoms with Gasteiger partial charge in [0, 0.05) is 0 Å². The minimum absolute atomic E-state index is 0.155. The van der Waals surface area contributed by atoms with Crippen LogP contribution in [0.15, 0.2) is 12.7 Å². The lowest BCUT2D eigenvalue weighted by Gasteiger charge is -2.38. The zero-order valence-corrected chi connectivity index (χ0v) is 17.8. The first kappa shape index (κ1) is 22.8. The molecule has 27 heavy (non-hydrogen) atoms. The largest absolute Gasteiger partial charge is 0.371 e. The van der Waals surface area contributed by atoms with Crippen LogP contribution in [0.5, 0.6) is 0 Å². The molecule has 0 aromatic carbocycles. The Bertz CT molecular complexity index is 419. The number of alkyl halides is 2. The number of rotatable bonds is 10. The van der Waals surface area contributed by atoms with Crippen LogP contribution < -0.4 is 0 Å². The monoisotopic (exact) mass is 384 g/mol. The summed E-state index contributed by atoms with van der Waals surface area (Å²) in [5.74, 6) is 2.61. The van der Waals surface area contributed by atoms with E-state index in [1.165, 1.54) is 44.9 Å². The molecule has 2 rings (SSSR count). The minimum Gasteiger partial charge on any atom is -0.371 e. The van der Waals surface area contributed by atoms with Gasteiger partial charge in [0.1, 0.15) is 6.17 Å². The van der Waals surface area contributed by atoms with E-state index in [1.54, 1.807) is 6.08 Å². The van der Waals surface area contributed by atoms with Gasteiger partial charge in [-0.15, -0.1) is 6.58 Å². The zero-order chi connectivity index (χ0) is 19.8. The molecule has 0 aliphatic heterocycles. The summed E-state index contributed by atoms with van der Waals surface area (Å²) in [5, 5.41) is 0. The van der Waals surface area contributed by atoms with Gasteiger partial charge < -0.3 is 4.74 Å². The fraction of sp³-hybridized carbons (Fsp3) is 0.917. The maximum absolute atomic E-state index is 14.8. The van der Waals surface area contributed by atoms with Crippen LogP contribution in [0.4, 0.5) is 8.78 Å². The van der Waals surface area contributed by atoms with E-state index in [-0.39, 0.29) is 11.8 Å². The van der Waals surface area contributed by atoms with Gasteiger partial charge in [0.2, 0.25) is 0 Å². The maximum Gasteiger partial charge on any atom is 0.157 e. The molecule has 0 saturated heterocycles. The second-order valence-corrected chi connectivity index (χ2v) is 9.41. The molecule has 0 amide bonds. The summed E-state index contributed by atoms with van der Waals surface area (Å²) in [5.41, 5.74) is 0. The van der Waals surface area contributed by atoms with Crippen molar-refractivity contribution in [3.63, 3.8) is 0 Å². The predicted molar refractivity (Wildman–Crippen MR) is 110 cm³/mol. The van der Waals surface area contributed by atoms with Gasteiger partial charge in [-0.25, -0.2) is 8.78 Å². The normalized spacial score (nSPS) is 36.9. The molecule has 0 bridgehead atoms. The topological polar surface area (TPSA) is 9.23 Å². The molecule has 2 aliphatic rings. The smallest absolute Gasteiger partial charge is 0.157 e. The first-order chi connectivity index (χ1) is 13.0. The first-order valence-electron chi connectivity index (χ1n) is 11.5. The Morgan fingerprint density at radius 2 is 1.70 bits per heavy atom. The third-order valence-corrected chi connectivity index (χ3v) is 7.39. The van der Waals surface area contributed by atoms with E-state index in [9.17, 15) is 8.78 Å². The van der Waals surface area contributed by atoms with Gasteiger partial charge >= 0.3 is 0 Å². The van der Waals surface area contributed by atoms with Crippen molar-refractivity contribution in [1.82, 2.24) is 0 Å². The fourth-order valence-corrected chi connectivity index (χ4v) is 5.52. The van der Waals surface area contributed by atoms with Crippen molar-refractivity contribution in [2.75, 3.05) is 6.61 Å². The van der Waals surface area contributed by atoms with E-state index in [0.29, 0.717) is 13.0 Å². The van der Waals surface area contributed by atoms with Crippen LogP contribution in [-0.2, 0) is 4.74 Å². The molecule has 0 spiro atoms. The zero-order valence-electron chi connectivity index (χ0n) is 17.8. The van der Waals surface area contributed by atoms with Crippen molar-refractivity contribution in [2.24, 2.45) is 29.6 Å². The quantitative estimate of drug-likeness (QED) is 0.359. The van der Waals surface area contributed by atoms with Crippen LogP contribution >= 0.6 is 0 Å². The van der Waals surface area contributed by atoms with Crippen molar-refractivity contribution >= 4 is 0 Å². The molecule has 2 aliphatic carbocycles. The van der Waals surface area contributed by atoms with Crippen molar-refractivity contribution in [1.29, 1.82) is 0 Å². The number of hydrogen-bond donors (Lipinski definition) is 0. The first-order valence-corrected chi connectivity index (χ1v) is 11.5. The molecule has 2 saturated carbocycles. The molecule has 0 radical (unpaired) electrons. The number of hydrogen-bond acceptors (Lipinski definition) is 1. The summed E-state index contributed by atoms with van der Waals surface area (Å²) in [6.45, 7) is 10.7. The number of ether oxygens (including phenoxy) is 1. The molecule has 1 nitrogen and oxygen atoms in total. The summed E-state index contributed by atoms with van der Waals surface area (Å²) in [6.07, 6.45) is 9.71. The summed E-state index contributed by atoms with van der Waals surface area (Å²) in [6, 6.07) is 0. The SMILES string of the molecule is C=CCOC1CCC(C(C)CCC(CCC)C2CCC(C)CC2)C(F)C1F. The van der Waals surface area contributed by atoms with Gasteiger partial charge in [0.15, 0.2) is 6.17 Å². The molecular weight excluding hydrogens is 342 g/mol. The molecular formula is C24H42F2O. The predicted octanol–water partition coefficient (Wildman–Crippen LogP) is 7.30. The molecule has 0 aromatic heterocycles. The van der Waals surface area contributed by atoms with Gasteiger partial charge in [-0.1, -0.05) is 59.0 Å². The average Bonchev–Trinajstić information content (AvgIpc) is 2.67. The molecule has 0 aromatic rings. The van der Waals surface area contributed by atoms with Crippen molar-refractivity contribution in [2.45, 2.75) is 103 Å². The molecule has 3 heteroatoms. The molecule has 0 N–H and O–H groups in total. The van der Waals surface area contributed by atoms with E-state index in [1.807, 2.05) is 0 Å². The standard InChI is InChI=1S/C24H42F2O/c1-5-7-19(20-11-8-17(3)9-12-20)13-10-18(4)21-14-15-22(27-16-6-2)24(26)23(21)25/h6,17-24H,2,5,7-16H2,1,3-4H3. The van der Waals surface area contributed by atoms with Gasteiger partial charge in [0.05, 0.1) is 12.7 Å². The van der Waals surface area contributed by atoms with Crippen molar-refractivity contribution in [3.05, 3.63) is 12.7 Å². The second kappa shape index (κ2) is 11.5.